The van der Waals surface area contributed by atoms with Crippen LogP contribution in [-0.2, 0) is 14.3 Å². The van der Waals surface area contributed by atoms with Crippen LogP contribution < -0.4 is 10.6 Å². The highest BCUT2D eigenvalue weighted by molar-refractivity contribution is 5.87. The first-order valence-corrected chi connectivity index (χ1v) is 10.9. The first-order valence-electron chi connectivity index (χ1n) is 10.9. The average Bonchev–Trinajstić information content (AvgIpc) is 3.17. The van der Waals surface area contributed by atoms with Gasteiger partial charge in [-0.25, -0.2) is 4.79 Å². The smallest absolute Gasteiger partial charge is 0.407 e. The maximum atomic E-state index is 12.3. The largest absolute Gasteiger partial charge is 0.444 e. The molecule has 7 heteroatoms. The van der Waals surface area contributed by atoms with Crippen LogP contribution in [0.25, 0.3) is 0 Å². The molecule has 0 atom stereocenters. The maximum absolute atomic E-state index is 12.3. The Balaban J connectivity index is 1.56. The van der Waals surface area contributed by atoms with Gasteiger partial charge < -0.3 is 20.3 Å². The predicted octanol–water partition coefficient (Wildman–Crippen LogP) is 3.00. The van der Waals surface area contributed by atoms with Gasteiger partial charge in [0.25, 0.3) is 0 Å². The number of ether oxygens (including phenoxy) is 1. The van der Waals surface area contributed by atoms with E-state index in [0.717, 1.165) is 25.9 Å². The van der Waals surface area contributed by atoms with Crippen LogP contribution >= 0.6 is 0 Å². The van der Waals surface area contributed by atoms with Crippen molar-refractivity contribution in [1.29, 1.82) is 0 Å². The Labute approximate surface area is 174 Å². The van der Waals surface area contributed by atoms with Crippen LogP contribution in [0.3, 0.4) is 0 Å². The molecule has 0 unspecified atom stereocenters. The number of carbonyl (C=O) groups is 3. The van der Waals surface area contributed by atoms with E-state index in [-0.39, 0.29) is 24.8 Å². The molecule has 0 bridgehead atoms. The fraction of sp³-hybridized carbons (Fsp3) is 0.773. The highest BCUT2D eigenvalue weighted by Crippen LogP contribution is 2.25. The number of hydrogen-bond acceptors (Lipinski definition) is 4. The topological polar surface area (TPSA) is 87.7 Å². The summed E-state index contributed by atoms with van der Waals surface area (Å²) in [5.41, 5.74) is -0.547. The molecule has 7 nitrogen and oxygen atoms in total. The fourth-order valence-electron chi connectivity index (χ4n) is 3.77. The van der Waals surface area contributed by atoms with Gasteiger partial charge in [-0.2, -0.15) is 0 Å². The molecule has 1 aliphatic carbocycles. The van der Waals surface area contributed by atoms with E-state index in [4.69, 9.17) is 4.74 Å². The number of hydrogen-bond donors (Lipinski definition) is 2. The highest BCUT2D eigenvalue weighted by Gasteiger charge is 2.22. The zero-order chi connectivity index (χ0) is 21.3. The van der Waals surface area contributed by atoms with Crippen LogP contribution in [0.5, 0.6) is 0 Å². The van der Waals surface area contributed by atoms with E-state index < -0.39 is 11.7 Å². The molecule has 2 rings (SSSR count). The number of alkyl carbamates (subject to hydrolysis) is 1. The highest BCUT2D eigenvalue weighted by atomic mass is 16.6. The minimum atomic E-state index is -0.547. The molecule has 1 saturated heterocycles. The second-order valence-electron chi connectivity index (χ2n) is 9.16. The third kappa shape index (κ3) is 9.33. The van der Waals surface area contributed by atoms with Crippen LogP contribution in [0.4, 0.5) is 4.79 Å². The summed E-state index contributed by atoms with van der Waals surface area (Å²) in [5, 5.41) is 5.52. The number of allylic oxidation sites excluding steroid dienone is 1. The molecule has 1 saturated carbocycles. The summed E-state index contributed by atoms with van der Waals surface area (Å²) in [4.78, 5) is 37.7. The SMILES string of the molecule is CC(C)(C)OC(=O)NCCC(=O)NCC1CCN(C(=O)/C=C/C2CCCC2)CC1. The van der Waals surface area contributed by atoms with Crippen LogP contribution in [-0.4, -0.2) is 54.6 Å². The lowest BCUT2D eigenvalue weighted by Gasteiger charge is -2.31. The van der Waals surface area contributed by atoms with Gasteiger partial charge in [-0.1, -0.05) is 18.9 Å². The average molecular weight is 408 g/mol. The minimum absolute atomic E-state index is 0.0842. The Kier molecular flexibility index (Phi) is 8.99. The first kappa shape index (κ1) is 23.2. The summed E-state index contributed by atoms with van der Waals surface area (Å²) in [5.74, 6) is 1.00. The van der Waals surface area contributed by atoms with Crippen molar-refractivity contribution in [2.75, 3.05) is 26.2 Å². The second-order valence-corrected chi connectivity index (χ2v) is 9.16. The fourth-order valence-corrected chi connectivity index (χ4v) is 3.77. The molecule has 1 heterocycles. The summed E-state index contributed by atoms with van der Waals surface area (Å²) in [6.07, 6.45) is 10.3. The van der Waals surface area contributed by atoms with Crippen molar-refractivity contribution in [3.63, 3.8) is 0 Å². The van der Waals surface area contributed by atoms with Gasteiger partial charge in [-0.3, -0.25) is 9.59 Å². The Bertz CT molecular complexity index is 583. The Hall–Kier alpha value is -2.05. The number of amides is 3. The number of piperidine rings is 1. The van der Waals surface area contributed by atoms with Crippen LogP contribution in [0.2, 0.25) is 0 Å². The lowest BCUT2D eigenvalue weighted by molar-refractivity contribution is -0.127. The molecule has 29 heavy (non-hydrogen) atoms. The lowest BCUT2D eigenvalue weighted by atomic mass is 9.96. The van der Waals surface area contributed by atoms with Crippen LogP contribution in [0, 0.1) is 11.8 Å². The van der Waals surface area contributed by atoms with Gasteiger partial charge in [-0.05, 0) is 64.4 Å². The molecule has 2 aliphatic rings. The van der Waals surface area contributed by atoms with Gasteiger partial charge in [0.1, 0.15) is 5.60 Å². The van der Waals surface area contributed by atoms with E-state index in [9.17, 15) is 14.4 Å². The molecule has 3 amide bonds. The third-order valence-electron chi connectivity index (χ3n) is 5.45. The number of likely N-dealkylation sites (tertiary alicyclic amines) is 1. The summed E-state index contributed by atoms with van der Waals surface area (Å²) >= 11 is 0. The van der Waals surface area contributed by atoms with Crippen LogP contribution in [0.15, 0.2) is 12.2 Å². The standard InChI is InChI=1S/C22H37N3O4/c1-22(2,3)29-21(28)23-13-10-19(26)24-16-18-11-14-25(15-12-18)20(27)9-8-17-6-4-5-7-17/h8-9,17-18H,4-7,10-16H2,1-3H3,(H,23,28)(H,24,26)/b9-8+. The first-order chi connectivity index (χ1) is 13.7. The van der Waals surface area contributed by atoms with E-state index >= 15 is 0 Å². The van der Waals surface area contributed by atoms with Gasteiger partial charge in [-0.15, -0.1) is 0 Å². The monoisotopic (exact) mass is 407 g/mol. The summed E-state index contributed by atoms with van der Waals surface area (Å²) in [7, 11) is 0. The van der Waals surface area contributed by atoms with E-state index in [1.165, 1.54) is 25.7 Å². The molecular weight excluding hydrogens is 370 g/mol. The molecule has 0 aromatic rings. The van der Waals surface area contributed by atoms with Gasteiger partial charge in [0.2, 0.25) is 11.8 Å². The Morgan fingerprint density at radius 3 is 2.31 bits per heavy atom. The van der Waals surface area contributed by atoms with Gasteiger partial charge in [0.05, 0.1) is 0 Å². The summed E-state index contributed by atoms with van der Waals surface area (Å²) < 4.78 is 5.13. The van der Waals surface area contributed by atoms with Crippen molar-refractivity contribution in [2.24, 2.45) is 11.8 Å². The van der Waals surface area contributed by atoms with E-state index in [0.29, 0.717) is 18.4 Å². The molecular formula is C22H37N3O4. The quantitative estimate of drug-likeness (QED) is 0.635. The van der Waals surface area contributed by atoms with Gasteiger partial charge in [0.15, 0.2) is 0 Å². The molecule has 0 aromatic carbocycles. The van der Waals surface area contributed by atoms with Gasteiger partial charge >= 0.3 is 6.09 Å². The molecule has 0 radical (unpaired) electrons. The van der Waals surface area contributed by atoms with E-state index in [1.807, 2.05) is 4.90 Å². The zero-order valence-electron chi connectivity index (χ0n) is 18.2. The van der Waals surface area contributed by atoms with Gasteiger partial charge in [0, 0.05) is 32.6 Å². The van der Waals surface area contributed by atoms with Crippen molar-refractivity contribution in [2.45, 2.75) is 71.3 Å². The number of rotatable bonds is 7. The maximum Gasteiger partial charge on any atom is 0.407 e. The molecule has 0 aromatic heterocycles. The van der Waals surface area contributed by atoms with Crippen molar-refractivity contribution in [1.82, 2.24) is 15.5 Å². The molecule has 1 aliphatic heterocycles. The van der Waals surface area contributed by atoms with E-state index in [1.54, 1.807) is 26.8 Å². The number of nitrogens with one attached hydrogen (secondary N) is 2. The van der Waals surface area contributed by atoms with Crippen molar-refractivity contribution in [3.8, 4) is 0 Å². The second kappa shape index (κ2) is 11.2. The summed E-state index contributed by atoms with van der Waals surface area (Å²) in [6.45, 7) is 7.74. The zero-order valence-corrected chi connectivity index (χ0v) is 18.2. The Morgan fingerprint density at radius 1 is 1.03 bits per heavy atom. The molecule has 164 valence electrons. The molecule has 2 fully saturated rings. The molecule has 2 N–H and O–H groups in total. The van der Waals surface area contributed by atoms with Crippen molar-refractivity contribution in [3.05, 3.63) is 12.2 Å². The number of nitrogens with zero attached hydrogens (tertiary/aromatic N) is 1. The predicted molar refractivity (Wildman–Crippen MR) is 112 cm³/mol. The molecule has 0 spiro atoms. The van der Waals surface area contributed by atoms with Crippen molar-refractivity contribution < 1.29 is 19.1 Å². The normalized spacial score (nSPS) is 18.8. The third-order valence-corrected chi connectivity index (χ3v) is 5.45. The van der Waals surface area contributed by atoms with Crippen molar-refractivity contribution >= 4 is 17.9 Å². The van der Waals surface area contributed by atoms with Crippen LogP contribution in [0.1, 0.15) is 65.7 Å². The Morgan fingerprint density at radius 2 is 1.69 bits per heavy atom. The van der Waals surface area contributed by atoms with E-state index in [2.05, 4.69) is 16.7 Å². The number of carbonyl (C=O) groups excluding carboxylic acids is 3. The summed E-state index contributed by atoms with van der Waals surface area (Å²) in [6, 6.07) is 0. The lowest BCUT2D eigenvalue weighted by Crippen LogP contribution is -2.41. The minimum Gasteiger partial charge on any atom is -0.444 e.